The third-order valence-corrected chi connectivity index (χ3v) is 3.94. The molecule has 1 aliphatic rings. The Kier molecular flexibility index (Phi) is 5.26. The fourth-order valence-electron chi connectivity index (χ4n) is 2.52. The molecule has 4 nitrogen and oxygen atoms in total. The number of methoxy groups -OCH3 is 1. The van der Waals surface area contributed by atoms with E-state index in [4.69, 9.17) is 25.8 Å². The Morgan fingerprint density at radius 2 is 1.91 bits per heavy atom. The van der Waals surface area contributed by atoms with Crippen molar-refractivity contribution >= 4 is 11.6 Å². The van der Waals surface area contributed by atoms with Crippen molar-refractivity contribution in [3.8, 4) is 17.2 Å². The molecule has 0 atom stereocenters. The monoisotopic (exact) mass is 333 g/mol. The maximum Gasteiger partial charge on any atom is 0.179 e. The normalized spacial score (nSPS) is 13.5. The first-order valence-corrected chi connectivity index (χ1v) is 8.06. The van der Waals surface area contributed by atoms with Crippen LogP contribution in [0.4, 0.5) is 0 Å². The van der Waals surface area contributed by atoms with Gasteiger partial charge in [0.15, 0.2) is 11.5 Å². The Hall–Kier alpha value is -1.91. The summed E-state index contributed by atoms with van der Waals surface area (Å²) in [6, 6.07) is 11.9. The van der Waals surface area contributed by atoms with Crippen LogP contribution in [0, 0.1) is 0 Å². The quantitative estimate of drug-likeness (QED) is 0.903. The molecule has 1 aliphatic heterocycles. The van der Waals surface area contributed by atoms with Crippen LogP contribution in [0.2, 0.25) is 5.02 Å². The van der Waals surface area contributed by atoms with Gasteiger partial charge in [-0.1, -0.05) is 23.7 Å². The number of benzene rings is 2. The van der Waals surface area contributed by atoms with Crippen LogP contribution >= 0.6 is 11.6 Å². The number of rotatable bonds is 5. The minimum absolute atomic E-state index is 0.600. The Morgan fingerprint density at radius 1 is 1.09 bits per heavy atom. The summed E-state index contributed by atoms with van der Waals surface area (Å²) in [7, 11) is 1.67. The van der Waals surface area contributed by atoms with E-state index in [1.807, 2.05) is 30.3 Å². The molecule has 0 spiro atoms. The summed E-state index contributed by atoms with van der Waals surface area (Å²) in [6.07, 6.45) is 0.869. The SMILES string of the molecule is COc1cccc(CNCc2cc(Cl)c3c(c2)OCCCO3)c1. The largest absolute Gasteiger partial charge is 0.497 e. The van der Waals surface area contributed by atoms with Crippen molar-refractivity contribution in [1.29, 1.82) is 0 Å². The van der Waals surface area contributed by atoms with Gasteiger partial charge < -0.3 is 19.5 Å². The number of hydrogen-bond acceptors (Lipinski definition) is 4. The van der Waals surface area contributed by atoms with Crippen LogP contribution in [0.5, 0.6) is 17.2 Å². The van der Waals surface area contributed by atoms with Crippen molar-refractivity contribution in [1.82, 2.24) is 5.32 Å². The highest BCUT2D eigenvalue weighted by atomic mass is 35.5. The Balaban J connectivity index is 1.64. The molecule has 2 aromatic rings. The van der Waals surface area contributed by atoms with Crippen LogP contribution in [-0.4, -0.2) is 20.3 Å². The average Bonchev–Trinajstić information content (AvgIpc) is 2.81. The maximum atomic E-state index is 6.31. The molecule has 0 saturated carbocycles. The Labute approximate surface area is 141 Å². The molecular weight excluding hydrogens is 314 g/mol. The zero-order chi connectivity index (χ0) is 16.1. The van der Waals surface area contributed by atoms with Gasteiger partial charge in [-0.15, -0.1) is 0 Å². The van der Waals surface area contributed by atoms with Gasteiger partial charge in [0.2, 0.25) is 0 Å². The summed E-state index contributed by atoms with van der Waals surface area (Å²) in [5.41, 5.74) is 2.24. The molecule has 0 fully saturated rings. The highest BCUT2D eigenvalue weighted by Gasteiger charge is 2.15. The first-order chi connectivity index (χ1) is 11.3. The lowest BCUT2D eigenvalue weighted by molar-refractivity contribution is 0.297. The van der Waals surface area contributed by atoms with Crippen LogP contribution in [-0.2, 0) is 13.1 Å². The molecular formula is C18H20ClNO3. The van der Waals surface area contributed by atoms with Gasteiger partial charge in [-0.05, 0) is 35.4 Å². The van der Waals surface area contributed by atoms with E-state index >= 15 is 0 Å². The van der Waals surface area contributed by atoms with E-state index in [1.54, 1.807) is 7.11 Å². The fraction of sp³-hybridized carbons (Fsp3) is 0.333. The molecule has 23 heavy (non-hydrogen) atoms. The molecule has 0 amide bonds. The molecule has 1 heterocycles. The van der Waals surface area contributed by atoms with Crippen LogP contribution in [0.1, 0.15) is 17.5 Å². The predicted molar refractivity (Wildman–Crippen MR) is 90.6 cm³/mol. The molecule has 0 saturated heterocycles. The minimum Gasteiger partial charge on any atom is -0.497 e. The molecule has 0 aliphatic carbocycles. The van der Waals surface area contributed by atoms with E-state index in [2.05, 4.69) is 11.4 Å². The zero-order valence-corrected chi connectivity index (χ0v) is 13.9. The van der Waals surface area contributed by atoms with E-state index in [-0.39, 0.29) is 0 Å². The molecule has 0 aromatic heterocycles. The standard InChI is InChI=1S/C18H20ClNO3/c1-21-15-5-2-4-13(8-15)11-20-12-14-9-16(19)18-17(10-14)22-6-3-7-23-18/h2,4-5,8-10,20H,3,6-7,11-12H2,1H3. The highest BCUT2D eigenvalue weighted by molar-refractivity contribution is 6.32. The molecule has 0 unspecified atom stereocenters. The van der Waals surface area contributed by atoms with E-state index in [0.717, 1.165) is 30.0 Å². The second kappa shape index (κ2) is 7.57. The minimum atomic E-state index is 0.600. The predicted octanol–water partition coefficient (Wildman–Crippen LogP) is 3.80. The van der Waals surface area contributed by atoms with Crippen LogP contribution < -0.4 is 19.5 Å². The average molecular weight is 334 g/mol. The molecule has 122 valence electrons. The maximum absolute atomic E-state index is 6.31. The molecule has 0 bridgehead atoms. The summed E-state index contributed by atoms with van der Waals surface area (Å²) in [6.45, 7) is 2.75. The van der Waals surface area contributed by atoms with Crippen LogP contribution in [0.25, 0.3) is 0 Å². The van der Waals surface area contributed by atoms with Crippen molar-refractivity contribution in [2.45, 2.75) is 19.5 Å². The lowest BCUT2D eigenvalue weighted by atomic mass is 10.1. The third-order valence-electron chi connectivity index (χ3n) is 3.65. The fourth-order valence-corrected chi connectivity index (χ4v) is 2.81. The summed E-state index contributed by atoms with van der Waals surface area (Å²) in [4.78, 5) is 0. The Morgan fingerprint density at radius 3 is 2.78 bits per heavy atom. The summed E-state index contributed by atoms with van der Waals surface area (Å²) < 4.78 is 16.6. The van der Waals surface area contributed by atoms with Crippen molar-refractivity contribution in [2.24, 2.45) is 0 Å². The van der Waals surface area contributed by atoms with Gasteiger partial charge in [-0.25, -0.2) is 0 Å². The van der Waals surface area contributed by atoms with Crippen LogP contribution in [0.3, 0.4) is 0 Å². The van der Waals surface area contributed by atoms with E-state index in [0.29, 0.717) is 30.5 Å². The topological polar surface area (TPSA) is 39.7 Å². The van der Waals surface area contributed by atoms with Crippen molar-refractivity contribution in [3.05, 3.63) is 52.5 Å². The lowest BCUT2D eigenvalue weighted by Gasteiger charge is -2.12. The number of halogens is 1. The van der Waals surface area contributed by atoms with Crippen molar-refractivity contribution < 1.29 is 14.2 Å². The number of ether oxygens (including phenoxy) is 3. The zero-order valence-electron chi connectivity index (χ0n) is 13.1. The number of hydrogen-bond donors (Lipinski definition) is 1. The third kappa shape index (κ3) is 4.09. The number of fused-ring (bicyclic) bond motifs is 1. The second-order valence-electron chi connectivity index (χ2n) is 5.41. The Bertz CT molecular complexity index is 675. The van der Waals surface area contributed by atoms with Gasteiger partial charge in [0, 0.05) is 19.5 Å². The van der Waals surface area contributed by atoms with Crippen molar-refractivity contribution in [3.63, 3.8) is 0 Å². The van der Waals surface area contributed by atoms with Gasteiger partial charge >= 0.3 is 0 Å². The molecule has 2 aromatic carbocycles. The number of nitrogens with one attached hydrogen (secondary N) is 1. The van der Waals surface area contributed by atoms with Gasteiger partial charge in [0.05, 0.1) is 25.3 Å². The van der Waals surface area contributed by atoms with Gasteiger partial charge in [0.1, 0.15) is 5.75 Å². The molecule has 0 radical (unpaired) electrons. The van der Waals surface area contributed by atoms with Gasteiger partial charge in [-0.2, -0.15) is 0 Å². The first-order valence-electron chi connectivity index (χ1n) is 7.68. The van der Waals surface area contributed by atoms with E-state index in [1.165, 1.54) is 5.56 Å². The summed E-state index contributed by atoms with van der Waals surface area (Å²) in [5, 5.41) is 4.01. The van der Waals surface area contributed by atoms with E-state index < -0.39 is 0 Å². The van der Waals surface area contributed by atoms with Crippen LogP contribution in [0.15, 0.2) is 36.4 Å². The first kappa shape index (κ1) is 16.0. The molecule has 3 rings (SSSR count). The molecule has 1 N–H and O–H groups in total. The van der Waals surface area contributed by atoms with Gasteiger partial charge in [-0.3, -0.25) is 0 Å². The smallest absolute Gasteiger partial charge is 0.179 e. The van der Waals surface area contributed by atoms with Gasteiger partial charge in [0.25, 0.3) is 0 Å². The summed E-state index contributed by atoms with van der Waals surface area (Å²) in [5.74, 6) is 2.25. The highest BCUT2D eigenvalue weighted by Crippen LogP contribution is 2.37. The lowest BCUT2D eigenvalue weighted by Crippen LogP contribution is -2.13. The second-order valence-corrected chi connectivity index (χ2v) is 5.82. The summed E-state index contributed by atoms with van der Waals surface area (Å²) >= 11 is 6.31. The molecule has 5 heteroatoms. The van der Waals surface area contributed by atoms with Crippen molar-refractivity contribution in [2.75, 3.05) is 20.3 Å². The van der Waals surface area contributed by atoms with E-state index in [9.17, 15) is 0 Å².